The van der Waals surface area contributed by atoms with Crippen LogP contribution in [0.2, 0.25) is 0 Å². The molecule has 0 N–H and O–H groups in total. The molecule has 0 bridgehead atoms. The highest BCUT2D eigenvalue weighted by atomic mass is 32.2. The smallest absolute Gasteiger partial charge is 0.331 e. The van der Waals surface area contributed by atoms with E-state index in [9.17, 15) is 8.42 Å². The van der Waals surface area contributed by atoms with Crippen LogP contribution in [0.15, 0.2) is 36.3 Å². The molecule has 3 nitrogen and oxygen atoms in total. The molecule has 17 heavy (non-hydrogen) atoms. The van der Waals surface area contributed by atoms with Gasteiger partial charge in [-0.2, -0.15) is 8.42 Å². The SMILES string of the molecule is C=CS(=O)(=O)Oc1ccccc1C1CCCC1. The molecule has 1 fully saturated rings. The Morgan fingerprint density at radius 2 is 1.88 bits per heavy atom. The molecule has 92 valence electrons. The summed E-state index contributed by atoms with van der Waals surface area (Å²) in [5, 5.41) is 0.832. The fraction of sp³-hybridized carbons (Fsp3) is 0.385. The van der Waals surface area contributed by atoms with E-state index in [-0.39, 0.29) is 0 Å². The van der Waals surface area contributed by atoms with E-state index < -0.39 is 10.1 Å². The van der Waals surface area contributed by atoms with E-state index in [0.717, 1.165) is 23.8 Å². The number of hydrogen-bond donors (Lipinski definition) is 0. The zero-order chi connectivity index (χ0) is 12.3. The summed E-state index contributed by atoms with van der Waals surface area (Å²) in [5.41, 5.74) is 0.996. The third-order valence-electron chi connectivity index (χ3n) is 3.12. The molecular weight excluding hydrogens is 236 g/mol. The second-order valence-electron chi connectivity index (χ2n) is 4.26. The monoisotopic (exact) mass is 252 g/mol. The molecule has 0 unspecified atom stereocenters. The van der Waals surface area contributed by atoms with Gasteiger partial charge >= 0.3 is 10.1 Å². The summed E-state index contributed by atoms with van der Waals surface area (Å²) >= 11 is 0. The minimum atomic E-state index is -3.66. The van der Waals surface area contributed by atoms with Gasteiger partial charge in [-0.05, 0) is 30.4 Å². The molecule has 2 rings (SSSR count). The van der Waals surface area contributed by atoms with E-state index in [1.807, 2.05) is 12.1 Å². The first-order chi connectivity index (χ1) is 8.12. The van der Waals surface area contributed by atoms with Gasteiger partial charge < -0.3 is 4.18 Å². The maximum Gasteiger partial charge on any atom is 0.331 e. The van der Waals surface area contributed by atoms with Gasteiger partial charge in [0, 0.05) is 0 Å². The second kappa shape index (κ2) is 4.92. The molecule has 1 aliphatic carbocycles. The second-order valence-corrected chi connectivity index (χ2v) is 5.75. The van der Waals surface area contributed by atoms with E-state index in [0.29, 0.717) is 11.7 Å². The first-order valence-electron chi connectivity index (χ1n) is 5.78. The van der Waals surface area contributed by atoms with Crippen LogP contribution in [0.5, 0.6) is 5.75 Å². The fourth-order valence-corrected chi connectivity index (χ4v) is 2.76. The number of benzene rings is 1. The number of rotatable bonds is 4. The lowest BCUT2D eigenvalue weighted by atomic mass is 9.97. The van der Waals surface area contributed by atoms with Gasteiger partial charge in [-0.25, -0.2) is 0 Å². The van der Waals surface area contributed by atoms with Crippen molar-refractivity contribution >= 4 is 10.1 Å². The Kier molecular flexibility index (Phi) is 3.52. The molecule has 1 saturated carbocycles. The summed E-state index contributed by atoms with van der Waals surface area (Å²) in [6, 6.07) is 7.35. The maximum absolute atomic E-state index is 11.4. The van der Waals surface area contributed by atoms with Crippen LogP contribution in [0.1, 0.15) is 37.2 Å². The van der Waals surface area contributed by atoms with Gasteiger partial charge in [0.25, 0.3) is 0 Å². The average molecular weight is 252 g/mol. The van der Waals surface area contributed by atoms with Crippen molar-refractivity contribution in [3.63, 3.8) is 0 Å². The van der Waals surface area contributed by atoms with E-state index >= 15 is 0 Å². The van der Waals surface area contributed by atoms with Crippen molar-refractivity contribution < 1.29 is 12.6 Å². The van der Waals surface area contributed by atoms with Gasteiger partial charge in [-0.3, -0.25) is 0 Å². The molecule has 0 saturated heterocycles. The largest absolute Gasteiger partial charge is 0.379 e. The van der Waals surface area contributed by atoms with Crippen LogP contribution in [0, 0.1) is 0 Å². The summed E-state index contributed by atoms with van der Waals surface area (Å²) in [6.45, 7) is 3.24. The zero-order valence-corrected chi connectivity index (χ0v) is 10.4. The third kappa shape index (κ3) is 2.88. The van der Waals surface area contributed by atoms with Gasteiger partial charge in [0.2, 0.25) is 0 Å². The minimum absolute atomic E-state index is 0.422. The van der Waals surface area contributed by atoms with Gasteiger partial charge in [0.05, 0.1) is 5.41 Å². The summed E-state index contributed by atoms with van der Waals surface area (Å²) in [4.78, 5) is 0. The van der Waals surface area contributed by atoms with Crippen LogP contribution >= 0.6 is 0 Å². The Morgan fingerprint density at radius 3 is 2.53 bits per heavy atom. The summed E-state index contributed by atoms with van der Waals surface area (Å²) in [6.07, 6.45) is 4.61. The quantitative estimate of drug-likeness (QED) is 0.773. The summed E-state index contributed by atoms with van der Waals surface area (Å²) < 4.78 is 27.8. The first-order valence-corrected chi connectivity index (χ1v) is 7.25. The third-order valence-corrected chi connectivity index (χ3v) is 3.94. The van der Waals surface area contributed by atoms with Crippen LogP contribution in [0.25, 0.3) is 0 Å². The molecule has 0 amide bonds. The highest BCUT2D eigenvalue weighted by Gasteiger charge is 2.21. The standard InChI is InChI=1S/C13H16O3S/c1-2-17(14,15)16-13-10-6-5-9-12(13)11-7-3-4-8-11/h2,5-6,9-11H,1,3-4,7-8H2. The Bertz CT molecular complexity index is 499. The van der Waals surface area contributed by atoms with Crippen molar-refractivity contribution in [3.05, 3.63) is 41.8 Å². The van der Waals surface area contributed by atoms with Crippen molar-refractivity contribution in [3.8, 4) is 5.75 Å². The van der Waals surface area contributed by atoms with Gasteiger partial charge in [-0.1, -0.05) is 37.6 Å². The number of para-hydroxylation sites is 1. The van der Waals surface area contributed by atoms with E-state index in [4.69, 9.17) is 4.18 Å². The lowest BCUT2D eigenvalue weighted by Gasteiger charge is -2.14. The predicted octanol–water partition coefficient (Wildman–Crippen LogP) is 3.20. The summed E-state index contributed by atoms with van der Waals surface area (Å²) in [5.74, 6) is 0.866. The van der Waals surface area contributed by atoms with Crippen molar-refractivity contribution in [2.45, 2.75) is 31.6 Å². The van der Waals surface area contributed by atoms with Crippen molar-refractivity contribution in [1.82, 2.24) is 0 Å². The van der Waals surface area contributed by atoms with E-state index in [1.165, 1.54) is 12.8 Å². The average Bonchev–Trinajstić information content (AvgIpc) is 2.83. The Hall–Kier alpha value is -1.29. The minimum Gasteiger partial charge on any atom is -0.379 e. The molecule has 0 radical (unpaired) electrons. The molecular formula is C13H16O3S. The fourth-order valence-electron chi connectivity index (χ4n) is 2.29. The normalized spacial score (nSPS) is 16.9. The van der Waals surface area contributed by atoms with E-state index in [1.54, 1.807) is 12.1 Å². The highest BCUT2D eigenvalue weighted by Crippen LogP contribution is 2.38. The lowest BCUT2D eigenvalue weighted by molar-refractivity contribution is 0.489. The van der Waals surface area contributed by atoms with Crippen molar-refractivity contribution in [2.75, 3.05) is 0 Å². The van der Waals surface area contributed by atoms with Gasteiger partial charge in [0.15, 0.2) is 0 Å². The first kappa shape index (κ1) is 12.2. The lowest BCUT2D eigenvalue weighted by Crippen LogP contribution is -2.07. The number of hydrogen-bond acceptors (Lipinski definition) is 3. The van der Waals surface area contributed by atoms with Crippen molar-refractivity contribution in [1.29, 1.82) is 0 Å². The molecule has 0 heterocycles. The topological polar surface area (TPSA) is 43.4 Å². The zero-order valence-electron chi connectivity index (χ0n) is 9.63. The molecule has 0 aliphatic heterocycles. The highest BCUT2D eigenvalue weighted by molar-refractivity contribution is 7.90. The van der Waals surface area contributed by atoms with Crippen LogP contribution in [0.4, 0.5) is 0 Å². The molecule has 0 aromatic heterocycles. The van der Waals surface area contributed by atoms with E-state index in [2.05, 4.69) is 6.58 Å². The molecule has 0 spiro atoms. The Morgan fingerprint density at radius 1 is 1.24 bits per heavy atom. The van der Waals surface area contributed by atoms with Gasteiger partial charge in [0.1, 0.15) is 5.75 Å². The predicted molar refractivity (Wildman–Crippen MR) is 67.4 cm³/mol. The van der Waals surface area contributed by atoms with Crippen LogP contribution in [-0.2, 0) is 10.1 Å². The van der Waals surface area contributed by atoms with Crippen molar-refractivity contribution in [2.24, 2.45) is 0 Å². The van der Waals surface area contributed by atoms with Gasteiger partial charge in [-0.15, -0.1) is 0 Å². The molecule has 1 aliphatic rings. The Balaban J connectivity index is 2.30. The van der Waals surface area contributed by atoms with Crippen LogP contribution in [0.3, 0.4) is 0 Å². The van der Waals surface area contributed by atoms with Crippen LogP contribution in [-0.4, -0.2) is 8.42 Å². The summed E-state index contributed by atoms with van der Waals surface area (Å²) in [7, 11) is -3.66. The molecule has 0 atom stereocenters. The Labute approximate surface area is 102 Å². The molecule has 1 aromatic carbocycles. The van der Waals surface area contributed by atoms with Crippen LogP contribution < -0.4 is 4.18 Å². The molecule has 1 aromatic rings. The maximum atomic E-state index is 11.4. The molecule has 4 heteroatoms.